The summed E-state index contributed by atoms with van der Waals surface area (Å²) in [5.74, 6) is 0.325. The van der Waals surface area contributed by atoms with Gasteiger partial charge in [-0.2, -0.15) is 0 Å². The lowest BCUT2D eigenvalue weighted by molar-refractivity contribution is -0.137. The third-order valence-electron chi connectivity index (χ3n) is 4.08. The molecule has 3 rings (SSSR count). The van der Waals surface area contributed by atoms with E-state index in [0.29, 0.717) is 12.2 Å². The molecule has 1 aromatic rings. The van der Waals surface area contributed by atoms with Crippen LogP contribution in [0.4, 0.5) is 0 Å². The van der Waals surface area contributed by atoms with Crippen molar-refractivity contribution in [2.45, 2.75) is 50.2 Å². The molecular weight excluding hydrogens is 212 g/mol. The van der Waals surface area contributed by atoms with Crippen LogP contribution in [0.5, 0.6) is 0 Å². The third kappa shape index (κ3) is 1.91. The van der Waals surface area contributed by atoms with Gasteiger partial charge in [-0.15, -0.1) is 0 Å². The van der Waals surface area contributed by atoms with Crippen LogP contribution in [0, 0.1) is 0 Å². The molecular formula is C15H18O2. The van der Waals surface area contributed by atoms with Crippen molar-refractivity contribution in [2.75, 3.05) is 0 Å². The fraction of sp³-hybridized carbons (Fsp3) is 0.533. The fourth-order valence-corrected chi connectivity index (χ4v) is 3.11. The Kier molecular flexibility index (Phi) is 2.75. The number of carbonyl (C=O) groups is 1. The zero-order valence-corrected chi connectivity index (χ0v) is 10.0. The maximum Gasteiger partial charge on any atom is 0.167 e. The Morgan fingerprint density at radius 3 is 2.47 bits per heavy atom. The molecule has 1 aromatic carbocycles. The number of hydrogen-bond donors (Lipinski definition) is 0. The average Bonchev–Trinajstić information content (AvgIpc) is 2.69. The summed E-state index contributed by atoms with van der Waals surface area (Å²) >= 11 is 0. The zero-order valence-electron chi connectivity index (χ0n) is 10.0. The van der Waals surface area contributed by atoms with Gasteiger partial charge in [0.05, 0.1) is 6.10 Å². The summed E-state index contributed by atoms with van der Waals surface area (Å²) < 4.78 is 6.14. The van der Waals surface area contributed by atoms with Crippen molar-refractivity contribution in [3.05, 3.63) is 35.9 Å². The van der Waals surface area contributed by atoms with Crippen LogP contribution in [0.1, 0.15) is 50.2 Å². The normalized spacial score (nSPS) is 27.5. The van der Waals surface area contributed by atoms with E-state index in [9.17, 15) is 4.79 Å². The Morgan fingerprint density at radius 1 is 1.06 bits per heavy atom. The van der Waals surface area contributed by atoms with Crippen LogP contribution in [-0.2, 0) is 9.53 Å². The van der Waals surface area contributed by atoms with E-state index in [2.05, 4.69) is 12.1 Å². The Hall–Kier alpha value is -1.15. The SMILES string of the molecule is O=C1C[C@H](c2ccccc2)OC12CCCCC2. The first-order valence-electron chi connectivity index (χ1n) is 6.56. The first-order chi connectivity index (χ1) is 8.30. The molecule has 1 saturated carbocycles. The molecule has 0 N–H and O–H groups in total. The number of ether oxygens (including phenoxy) is 1. The molecule has 0 bridgehead atoms. The topological polar surface area (TPSA) is 26.3 Å². The van der Waals surface area contributed by atoms with Gasteiger partial charge in [0.15, 0.2) is 5.78 Å². The first kappa shape index (κ1) is 11.0. The van der Waals surface area contributed by atoms with E-state index < -0.39 is 5.60 Å². The molecule has 2 heteroatoms. The third-order valence-corrected chi connectivity index (χ3v) is 4.08. The van der Waals surface area contributed by atoms with Crippen LogP contribution in [0.25, 0.3) is 0 Å². The van der Waals surface area contributed by atoms with E-state index in [0.717, 1.165) is 31.2 Å². The summed E-state index contributed by atoms with van der Waals surface area (Å²) in [5, 5.41) is 0. The van der Waals surface area contributed by atoms with Crippen molar-refractivity contribution in [1.82, 2.24) is 0 Å². The number of Topliss-reactive ketones (excluding diaryl/α,β-unsaturated/α-hetero) is 1. The monoisotopic (exact) mass is 230 g/mol. The highest BCUT2D eigenvalue weighted by Gasteiger charge is 2.48. The van der Waals surface area contributed by atoms with Crippen LogP contribution >= 0.6 is 0 Å². The summed E-state index contributed by atoms with van der Waals surface area (Å²) in [6.07, 6.45) is 5.91. The van der Waals surface area contributed by atoms with Gasteiger partial charge in [0, 0.05) is 6.42 Å². The maximum atomic E-state index is 12.2. The van der Waals surface area contributed by atoms with Gasteiger partial charge in [-0.25, -0.2) is 0 Å². The number of ketones is 1. The molecule has 1 atom stereocenters. The first-order valence-corrected chi connectivity index (χ1v) is 6.56. The molecule has 1 spiro atoms. The van der Waals surface area contributed by atoms with E-state index in [1.807, 2.05) is 18.2 Å². The van der Waals surface area contributed by atoms with Crippen molar-refractivity contribution in [2.24, 2.45) is 0 Å². The summed E-state index contributed by atoms with van der Waals surface area (Å²) in [7, 11) is 0. The number of rotatable bonds is 1. The minimum atomic E-state index is -0.432. The van der Waals surface area contributed by atoms with Gasteiger partial charge >= 0.3 is 0 Å². The van der Waals surface area contributed by atoms with Crippen LogP contribution in [0.3, 0.4) is 0 Å². The Balaban J connectivity index is 1.82. The molecule has 1 aliphatic carbocycles. The van der Waals surface area contributed by atoms with Crippen molar-refractivity contribution in [3.63, 3.8) is 0 Å². The highest BCUT2D eigenvalue weighted by atomic mass is 16.5. The molecule has 1 aliphatic heterocycles. The lowest BCUT2D eigenvalue weighted by Crippen LogP contribution is -2.37. The van der Waals surface area contributed by atoms with Gasteiger partial charge in [0.25, 0.3) is 0 Å². The van der Waals surface area contributed by atoms with Crippen molar-refractivity contribution in [1.29, 1.82) is 0 Å². The number of hydrogen-bond acceptors (Lipinski definition) is 2. The van der Waals surface area contributed by atoms with Crippen LogP contribution in [0.2, 0.25) is 0 Å². The highest BCUT2D eigenvalue weighted by Crippen LogP contribution is 2.44. The zero-order chi connectivity index (χ0) is 11.7. The molecule has 90 valence electrons. The van der Waals surface area contributed by atoms with Gasteiger partial charge in [-0.1, -0.05) is 49.6 Å². The molecule has 0 aromatic heterocycles. The Labute approximate surface area is 102 Å². The minimum absolute atomic E-state index is 0.0122. The lowest BCUT2D eigenvalue weighted by Gasteiger charge is -2.31. The predicted octanol–water partition coefficient (Wildman–Crippen LogP) is 3.42. The maximum absolute atomic E-state index is 12.2. The van der Waals surface area contributed by atoms with E-state index >= 15 is 0 Å². The number of carbonyl (C=O) groups excluding carboxylic acids is 1. The average molecular weight is 230 g/mol. The summed E-state index contributed by atoms with van der Waals surface area (Å²) in [6, 6.07) is 10.1. The van der Waals surface area contributed by atoms with Crippen molar-refractivity contribution >= 4 is 5.78 Å². The van der Waals surface area contributed by atoms with Crippen LogP contribution in [0.15, 0.2) is 30.3 Å². The second-order valence-corrected chi connectivity index (χ2v) is 5.20. The predicted molar refractivity (Wildman–Crippen MR) is 65.7 cm³/mol. The van der Waals surface area contributed by atoms with E-state index in [4.69, 9.17) is 4.74 Å². The van der Waals surface area contributed by atoms with Crippen molar-refractivity contribution in [3.8, 4) is 0 Å². The molecule has 1 saturated heterocycles. The van der Waals surface area contributed by atoms with Crippen LogP contribution < -0.4 is 0 Å². The Morgan fingerprint density at radius 2 is 1.76 bits per heavy atom. The molecule has 0 unspecified atom stereocenters. The standard InChI is InChI=1S/C15H18O2/c16-14-11-13(12-7-3-1-4-8-12)17-15(14)9-5-2-6-10-15/h1,3-4,7-8,13H,2,5-6,9-11H2/t13-/m1/s1. The quantitative estimate of drug-likeness (QED) is 0.739. The minimum Gasteiger partial charge on any atom is -0.359 e. The van der Waals surface area contributed by atoms with E-state index in [-0.39, 0.29) is 6.10 Å². The second-order valence-electron chi connectivity index (χ2n) is 5.20. The molecule has 2 aliphatic rings. The molecule has 1 heterocycles. The van der Waals surface area contributed by atoms with Crippen LogP contribution in [-0.4, -0.2) is 11.4 Å². The Bertz CT molecular complexity index is 404. The van der Waals surface area contributed by atoms with Gasteiger partial charge in [0.1, 0.15) is 5.60 Å². The molecule has 0 radical (unpaired) electrons. The van der Waals surface area contributed by atoms with Crippen molar-refractivity contribution < 1.29 is 9.53 Å². The van der Waals surface area contributed by atoms with E-state index in [1.165, 1.54) is 6.42 Å². The van der Waals surface area contributed by atoms with Gasteiger partial charge in [-0.3, -0.25) is 4.79 Å². The van der Waals surface area contributed by atoms with Gasteiger partial charge < -0.3 is 4.74 Å². The van der Waals surface area contributed by atoms with Gasteiger partial charge in [-0.05, 0) is 18.4 Å². The lowest BCUT2D eigenvalue weighted by atomic mass is 9.82. The smallest absolute Gasteiger partial charge is 0.167 e. The number of benzene rings is 1. The highest BCUT2D eigenvalue weighted by molar-refractivity contribution is 5.89. The molecule has 2 nitrogen and oxygen atoms in total. The van der Waals surface area contributed by atoms with Gasteiger partial charge in [0.2, 0.25) is 0 Å². The summed E-state index contributed by atoms with van der Waals surface area (Å²) in [4.78, 5) is 12.2. The fourth-order valence-electron chi connectivity index (χ4n) is 3.11. The largest absolute Gasteiger partial charge is 0.359 e. The molecule has 2 fully saturated rings. The summed E-state index contributed by atoms with van der Waals surface area (Å²) in [6.45, 7) is 0. The summed E-state index contributed by atoms with van der Waals surface area (Å²) in [5.41, 5.74) is 0.710. The van der Waals surface area contributed by atoms with E-state index in [1.54, 1.807) is 0 Å². The molecule has 0 amide bonds. The molecule has 17 heavy (non-hydrogen) atoms. The second kappa shape index (κ2) is 4.26.